The fraction of sp³-hybridized carbons (Fsp3) is 1.00. The van der Waals surface area contributed by atoms with Gasteiger partial charge in [0.15, 0.2) is 0 Å². The summed E-state index contributed by atoms with van der Waals surface area (Å²) in [6, 6.07) is 0. The zero-order valence-electron chi connectivity index (χ0n) is 6.12. The zero-order chi connectivity index (χ0) is 7.61. The first-order chi connectivity index (χ1) is 4.66. The van der Waals surface area contributed by atoms with Crippen molar-refractivity contribution in [3.63, 3.8) is 0 Å². The maximum Gasteiger partial charge on any atom is 0.0659 e. The highest BCUT2D eigenvalue weighted by Crippen LogP contribution is 2.02. The van der Waals surface area contributed by atoms with E-state index in [0.29, 0.717) is 11.5 Å². The minimum Gasteiger partial charge on any atom is -0.304 e. The molecule has 1 saturated heterocycles. The van der Waals surface area contributed by atoms with Crippen LogP contribution in [0.1, 0.15) is 0 Å². The Kier molecular flexibility index (Phi) is 2.28. The maximum absolute atomic E-state index is 11.4. The molecule has 0 aromatic carbocycles. The number of nitrogens with zero attached hydrogens (tertiary/aromatic N) is 2. The van der Waals surface area contributed by atoms with Crippen LogP contribution in [0.15, 0.2) is 4.47 Å². The van der Waals surface area contributed by atoms with Crippen LogP contribution >= 0.6 is 0 Å². The molecule has 1 heterocycles. The van der Waals surface area contributed by atoms with Crippen LogP contribution in [0.3, 0.4) is 0 Å². The fourth-order valence-electron chi connectivity index (χ4n) is 0.916. The number of hydrogen-bond donors (Lipinski definition) is 1. The Labute approximate surface area is 61.5 Å². The molecule has 1 fully saturated rings. The molecule has 4 nitrogen and oxygen atoms in total. The van der Waals surface area contributed by atoms with E-state index in [1.54, 1.807) is 0 Å². The lowest BCUT2D eigenvalue weighted by atomic mass is 10.6. The Bertz CT molecular complexity index is 205. The smallest absolute Gasteiger partial charge is 0.0659 e. The van der Waals surface area contributed by atoms with Gasteiger partial charge in [-0.15, -0.1) is 0 Å². The first-order valence-electron chi connectivity index (χ1n) is 3.26. The summed E-state index contributed by atoms with van der Waals surface area (Å²) in [5, 5.41) is 0. The van der Waals surface area contributed by atoms with Crippen LogP contribution in [0.2, 0.25) is 0 Å². The molecule has 0 bridgehead atoms. The standard InChI is InChI=1S/C5H13N3OS/c1-8-2-4-10(9,7-6)5-3-8/h2-6H2,1H3. The van der Waals surface area contributed by atoms with E-state index in [1.165, 1.54) is 0 Å². The number of hydrogen-bond acceptors (Lipinski definition) is 3. The van der Waals surface area contributed by atoms with Crippen molar-refractivity contribution in [3.05, 3.63) is 0 Å². The summed E-state index contributed by atoms with van der Waals surface area (Å²) in [7, 11) is 0.00953. The largest absolute Gasteiger partial charge is 0.304 e. The van der Waals surface area contributed by atoms with Gasteiger partial charge in [-0.05, 0) is 7.05 Å². The van der Waals surface area contributed by atoms with Gasteiger partial charge in [-0.3, -0.25) is 0 Å². The van der Waals surface area contributed by atoms with E-state index in [9.17, 15) is 4.21 Å². The van der Waals surface area contributed by atoms with E-state index >= 15 is 0 Å². The summed E-state index contributed by atoms with van der Waals surface area (Å²) in [5.41, 5.74) is 0. The second-order valence-electron chi connectivity index (χ2n) is 2.59. The summed E-state index contributed by atoms with van der Waals surface area (Å²) < 4.78 is 14.8. The van der Waals surface area contributed by atoms with Gasteiger partial charge in [0.1, 0.15) is 0 Å². The van der Waals surface area contributed by atoms with Crippen molar-refractivity contribution in [2.45, 2.75) is 0 Å². The van der Waals surface area contributed by atoms with Gasteiger partial charge >= 0.3 is 0 Å². The lowest BCUT2D eigenvalue weighted by Crippen LogP contribution is -2.37. The molecule has 0 spiro atoms. The van der Waals surface area contributed by atoms with Crippen molar-refractivity contribution in [3.8, 4) is 0 Å². The molecule has 5 heteroatoms. The van der Waals surface area contributed by atoms with Crippen LogP contribution in [0.5, 0.6) is 0 Å². The van der Waals surface area contributed by atoms with Crippen molar-refractivity contribution in [1.29, 1.82) is 0 Å². The number of nitrogens with two attached hydrogens (primary N) is 1. The van der Waals surface area contributed by atoms with Crippen molar-refractivity contribution in [2.75, 3.05) is 31.6 Å². The molecule has 0 atom stereocenters. The molecular formula is C5H13N3OS. The Hall–Kier alpha value is -0.130. The molecule has 1 rings (SSSR count). The predicted octanol–water partition coefficient (Wildman–Crippen LogP) is -0.726. The van der Waals surface area contributed by atoms with Crippen molar-refractivity contribution in [1.82, 2.24) is 4.90 Å². The van der Waals surface area contributed by atoms with Crippen molar-refractivity contribution < 1.29 is 4.21 Å². The molecular weight excluding hydrogens is 150 g/mol. The third-order valence-corrected chi connectivity index (χ3v) is 3.80. The predicted molar refractivity (Wildman–Crippen MR) is 42.0 cm³/mol. The second-order valence-corrected chi connectivity index (χ2v) is 5.16. The SMILES string of the molecule is CN1CCS(=O)(=NN)CC1. The van der Waals surface area contributed by atoms with Gasteiger partial charge in [-0.2, -0.15) is 4.47 Å². The lowest BCUT2D eigenvalue weighted by Gasteiger charge is -2.23. The lowest BCUT2D eigenvalue weighted by molar-refractivity contribution is 0.365. The topological polar surface area (TPSA) is 58.7 Å². The molecule has 10 heavy (non-hydrogen) atoms. The summed E-state index contributed by atoms with van der Waals surface area (Å²) in [6.07, 6.45) is 0. The third-order valence-electron chi connectivity index (χ3n) is 1.78. The Balaban J connectivity index is 2.64. The van der Waals surface area contributed by atoms with Gasteiger partial charge in [0.25, 0.3) is 0 Å². The molecule has 0 radical (unpaired) electrons. The van der Waals surface area contributed by atoms with Crippen LogP contribution in [0, 0.1) is 0 Å². The molecule has 0 saturated carbocycles. The van der Waals surface area contributed by atoms with Gasteiger partial charge in [0.2, 0.25) is 0 Å². The molecule has 0 aromatic heterocycles. The van der Waals surface area contributed by atoms with E-state index < -0.39 is 9.73 Å². The Morgan fingerprint density at radius 2 is 2.00 bits per heavy atom. The van der Waals surface area contributed by atoms with Gasteiger partial charge in [-0.1, -0.05) is 0 Å². The van der Waals surface area contributed by atoms with Crippen LogP contribution in [-0.2, 0) is 9.73 Å². The zero-order valence-corrected chi connectivity index (χ0v) is 6.93. The minimum atomic E-state index is -2.00. The molecule has 0 aromatic rings. The van der Waals surface area contributed by atoms with E-state index in [-0.39, 0.29) is 0 Å². The fourth-order valence-corrected chi connectivity index (χ4v) is 2.53. The number of rotatable bonds is 0. The van der Waals surface area contributed by atoms with Gasteiger partial charge in [0, 0.05) is 24.6 Å². The summed E-state index contributed by atoms with van der Waals surface area (Å²) in [6.45, 7) is 1.69. The van der Waals surface area contributed by atoms with E-state index in [2.05, 4.69) is 9.37 Å². The van der Waals surface area contributed by atoms with E-state index in [4.69, 9.17) is 5.84 Å². The molecule has 0 amide bonds. The van der Waals surface area contributed by atoms with Crippen molar-refractivity contribution >= 4 is 9.73 Å². The Morgan fingerprint density at radius 3 is 2.40 bits per heavy atom. The van der Waals surface area contributed by atoms with Crippen LogP contribution in [0.4, 0.5) is 0 Å². The maximum atomic E-state index is 11.4. The Morgan fingerprint density at radius 1 is 1.50 bits per heavy atom. The van der Waals surface area contributed by atoms with Crippen molar-refractivity contribution in [2.24, 2.45) is 10.3 Å². The average molecular weight is 163 g/mol. The van der Waals surface area contributed by atoms with Gasteiger partial charge < -0.3 is 4.90 Å². The average Bonchev–Trinajstić information content (AvgIpc) is 1.96. The molecule has 1 aliphatic heterocycles. The normalized spacial score (nSPS) is 26.2. The van der Waals surface area contributed by atoms with Gasteiger partial charge in [-0.25, -0.2) is 10.1 Å². The molecule has 2 N–H and O–H groups in total. The minimum absolute atomic E-state index is 0.625. The van der Waals surface area contributed by atoms with E-state index in [0.717, 1.165) is 13.1 Å². The van der Waals surface area contributed by atoms with Gasteiger partial charge in [0.05, 0.1) is 9.73 Å². The second kappa shape index (κ2) is 2.86. The highest BCUT2D eigenvalue weighted by Gasteiger charge is 2.16. The first-order valence-corrected chi connectivity index (χ1v) is 5.12. The van der Waals surface area contributed by atoms with Crippen LogP contribution < -0.4 is 5.84 Å². The molecule has 0 aliphatic carbocycles. The summed E-state index contributed by atoms with van der Waals surface area (Å²) >= 11 is 0. The van der Waals surface area contributed by atoms with Crippen LogP contribution in [0.25, 0.3) is 0 Å². The third kappa shape index (κ3) is 1.68. The molecule has 60 valence electrons. The monoisotopic (exact) mass is 163 g/mol. The first kappa shape index (κ1) is 7.97. The highest BCUT2D eigenvalue weighted by atomic mass is 32.2. The molecule has 1 aliphatic rings. The van der Waals surface area contributed by atoms with Crippen LogP contribution in [-0.4, -0.2) is 40.8 Å². The molecule has 0 unspecified atom stereocenters. The van der Waals surface area contributed by atoms with E-state index in [1.807, 2.05) is 7.05 Å². The summed E-state index contributed by atoms with van der Waals surface area (Å²) in [4.78, 5) is 2.13. The quantitative estimate of drug-likeness (QED) is 0.378. The summed E-state index contributed by atoms with van der Waals surface area (Å²) in [5.74, 6) is 6.26. The highest BCUT2D eigenvalue weighted by molar-refractivity contribution is 7.93.